The van der Waals surface area contributed by atoms with Gasteiger partial charge in [0.2, 0.25) is 5.91 Å². The lowest BCUT2D eigenvalue weighted by molar-refractivity contribution is 0.0984. The molecule has 3 N–H and O–H groups in total. The first-order chi connectivity index (χ1) is 12.4. The van der Waals surface area contributed by atoms with Crippen molar-refractivity contribution >= 4 is 17.5 Å². The van der Waals surface area contributed by atoms with Crippen LogP contribution in [0.15, 0.2) is 34.7 Å². The smallest absolute Gasteiger partial charge is 0.291 e. The number of hydrogen-bond acceptors (Lipinski definition) is 4. The van der Waals surface area contributed by atoms with Gasteiger partial charge in [-0.25, -0.2) is 0 Å². The van der Waals surface area contributed by atoms with E-state index in [2.05, 4.69) is 17.1 Å². The Kier molecular flexibility index (Phi) is 5.42. The fraction of sp³-hybridized carbons (Fsp3) is 0.400. The number of nitrogens with one attached hydrogen (secondary N) is 1. The second-order valence-corrected chi connectivity index (χ2v) is 7.07. The number of furan rings is 1. The van der Waals surface area contributed by atoms with E-state index in [-0.39, 0.29) is 11.7 Å². The summed E-state index contributed by atoms with van der Waals surface area (Å²) in [5.41, 5.74) is 7.05. The lowest BCUT2D eigenvalue weighted by Crippen LogP contribution is -2.32. The van der Waals surface area contributed by atoms with E-state index in [1.165, 1.54) is 12.8 Å². The first-order valence-corrected chi connectivity index (χ1v) is 8.95. The van der Waals surface area contributed by atoms with Crippen LogP contribution in [0.5, 0.6) is 0 Å². The summed E-state index contributed by atoms with van der Waals surface area (Å²) >= 11 is 0. The van der Waals surface area contributed by atoms with Crippen molar-refractivity contribution in [2.24, 2.45) is 11.7 Å². The number of likely N-dealkylation sites (tertiary alicyclic amines) is 1. The average Bonchev–Trinajstić information content (AvgIpc) is 3.07. The lowest BCUT2D eigenvalue weighted by Gasteiger charge is -2.29. The van der Waals surface area contributed by atoms with Crippen molar-refractivity contribution in [2.45, 2.75) is 33.2 Å². The van der Waals surface area contributed by atoms with Crippen LogP contribution in [0.4, 0.5) is 5.69 Å². The largest absolute Gasteiger partial charge is 0.455 e. The van der Waals surface area contributed by atoms with Crippen molar-refractivity contribution in [3.8, 4) is 0 Å². The van der Waals surface area contributed by atoms with Crippen LogP contribution in [-0.4, -0.2) is 29.8 Å². The Labute approximate surface area is 153 Å². The van der Waals surface area contributed by atoms with Crippen molar-refractivity contribution in [2.75, 3.05) is 18.4 Å². The fourth-order valence-corrected chi connectivity index (χ4v) is 3.12. The molecule has 0 saturated carbocycles. The van der Waals surface area contributed by atoms with Gasteiger partial charge in [0, 0.05) is 11.3 Å². The van der Waals surface area contributed by atoms with Crippen LogP contribution in [0, 0.1) is 12.8 Å². The Morgan fingerprint density at radius 1 is 1.23 bits per heavy atom. The van der Waals surface area contributed by atoms with Crippen molar-refractivity contribution < 1.29 is 14.0 Å². The number of aryl methyl sites for hydroxylation is 1. The Hall–Kier alpha value is -2.60. The van der Waals surface area contributed by atoms with E-state index in [9.17, 15) is 9.59 Å². The zero-order chi connectivity index (χ0) is 18.7. The molecular weight excluding hydrogens is 330 g/mol. The number of carbonyl (C=O) groups excluding carboxylic acids is 2. The summed E-state index contributed by atoms with van der Waals surface area (Å²) in [6.45, 7) is 6.97. The summed E-state index contributed by atoms with van der Waals surface area (Å²) in [4.78, 5) is 26.1. The average molecular weight is 355 g/mol. The van der Waals surface area contributed by atoms with Crippen LogP contribution >= 0.6 is 0 Å². The minimum Gasteiger partial charge on any atom is -0.455 e. The molecule has 1 aromatic heterocycles. The van der Waals surface area contributed by atoms with Gasteiger partial charge < -0.3 is 15.5 Å². The van der Waals surface area contributed by atoms with E-state index in [1.54, 1.807) is 24.3 Å². The van der Waals surface area contributed by atoms with E-state index >= 15 is 0 Å². The third kappa shape index (κ3) is 4.32. The van der Waals surface area contributed by atoms with E-state index in [0.29, 0.717) is 11.3 Å². The number of primary amides is 1. The van der Waals surface area contributed by atoms with Crippen molar-refractivity contribution in [3.63, 3.8) is 0 Å². The van der Waals surface area contributed by atoms with Gasteiger partial charge in [-0.05, 0) is 68.6 Å². The van der Waals surface area contributed by atoms with Crippen LogP contribution in [0.25, 0.3) is 0 Å². The summed E-state index contributed by atoms with van der Waals surface area (Å²) in [7, 11) is 0. The minimum absolute atomic E-state index is 0.259. The molecule has 1 fully saturated rings. The number of carbonyl (C=O) groups is 2. The van der Waals surface area contributed by atoms with Crippen LogP contribution in [-0.2, 0) is 6.54 Å². The van der Waals surface area contributed by atoms with Crippen molar-refractivity contribution in [1.82, 2.24) is 4.90 Å². The summed E-state index contributed by atoms with van der Waals surface area (Å²) in [5, 5.41) is 2.79. The molecule has 2 amide bonds. The van der Waals surface area contributed by atoms with Gasteiger partial charge in [-0.2, -0.15) is 0 Å². The van der Waals surface area contributed by atoms with Gasteiger partial charge in [-0.1, -0.05) is 13.0 Å². The normalized spacial score (nSPS) is 15.8. The zero-order valence-electron chi connectivity index (χ0n) is 15.2. The molecule has 3 rings (SSSR count). The third-order valence-corrected chi connectivity index (χ3v) is 4.91. The minimum atomic E-state index is -0.531. The maximum absolute atomic E-state index is 12.5. The number of rotatable bonds is 5. The summed E-state index contributed by atoms with van der Waals surface area (Å²) in [5.74, 6) is 0.954. The topological polar surface area (TPSA) is 88.6 Å². The molecule has 0 bridgehead atoms. The highest BCUT2D eigenvalue weighted by Crippen LogP contribution is 2.21. The van der Waals surface area contributed by atoms with Gasteiger partial charge in [-0.15, -0.1) is 0 Å². The summed E-state index contributed by atoms with van der Waals surface area (Å²) in [6.07, 6.45) is 2.40. The molecule has 2 aromatic rings. The van der Waals surface area contributed by atoms with Crippen molar-refractivity contribution in [3.05, 3.63) is 53.0 Å². The zero-order valence-corrected chi connectivity index (χ0v) is 15.2. The Morgan fingerprint density at radius 3 is 2.65 bits per heavy atom. The molecular formula is C20H25N3O3. The molecule has 1 aromatic carbocycles. The number of amides is 2. The van der Waals surface area contributed by atoms with E-state index in [1.807, 2.05) is 13.0 Å². The van der Waals surface area contributed by atoms with Gasteiger partial charge in [0.05, 0.1) is 6.54 Å². The number of anilines is 1. The van der Waals surface area contributed by atoms with Gasteiger partial charge >= 0.3 is 0 Å². The van der Waals surface area contributed by atoms with Gasteiger partial charge in [0.25, 0.3) is 5.91 Å². The van der Waals surface area contributed by atoms with Crippen LogP contribution < -0.4 is 11.1 Å². The van der Waals surface area contributed by atoms with Crippen LogP contribution in [0.3, 0.4) is 0 Å². The van der Waals surface area contributed by atoms with Gasteiger partial charge in [0.15, 0.2) is 5.76 Å². The third-order valence-electron chi connectivity index (χ3n) is 4.91. The monoisotopic (exact) mass is 355 g/mol. The van der Waals surface area contributed by atoms with Crippen LogP contribution in [0.1, 0.15) is 52.0 Å². The molecule has 1 aliphatic heterocycles. The standard InChI is InChI=1S/C20H25N3O3/c1-13-7-9-23(10-8-13)12-16-5-6-18(26-16)20(25)22-17-11-15(19(21)24)4-3-14(17)2/h3-6,11,13H,7-10,12H2,1-2H3,(H2,21,24)(H,22,25). The van der Waals surface area contributed by atoms with E-state index in [0.717, 1.165) is 36.9 Å². The highest BCUT2D eigenvalue weighted by Gasteiger charge is 2.18. The number of piperidine rings is 1. The maximum atomic E-state index is 12.5. The summed E-state index contributed by atoms with van der Waals surface area (Å²) < 4.78 is 5.72. The molecule has 1 saturated heterocycles. The number of hydrogen-bond donors (Lipinski definition) is 2. The Morgan fingerprint density at radius 2 is 1.96 bits per heavy atom. The van der Waals surface area contributed by atoms with E-state index < -0.39 is 5.91 Å². The van der Waals surface area contributed by atoms with E-state index in [4.69, 9.17) is 10.2 Å². The lowest BCUT2D eigenvalue weighted by atomic mass is 9.99. The molecule has 1 aliphatic rings. The highest BCUT2D eigenvalue weighted by atomic mass is 16.4. The molecule has 0 radical (unpaired) electrons. The number of nitrogens with zero attached hydrogens (tertiary/aromatic N) is 1. The molecule has 26 heavy (non-hydrogen) atoms. The summed E-state index contributed by atoms with van der Waals surface area (Å²) in [6, 6.07) is 8.50. The molecule has 0 atom stereocenters. The van der Waals surface area contributed by atoms with Crippen molar-refractivity contribution in [1.29, 1.82) is 0 Å². The first-order valence-electron chi connectivity index (χ1n) is 8.95. The molecule has 6 heteroatoms. The predicted octanol–water partition coefficient (Wildman–Crippen LogP) is 3.17. The number of benzene rings is 1. The quantitative estimate of drug-likeness (QED) is 0.862. The molecule has 2 heterocycles. The molecule has 0 unspecified atom stereocenters. The first kappa shape index (κ1) is 18.2. The fourth-order valence-electron chi connectivity index (χ4n) is 3.12. The highest BCUT2D eigenvalue weighted by molar-refractivity contribution is 6.03. The maximum Gasteiger partial charge on any atom is 0.291 e. The predicted molar refractivity (Wildman–Crippen MR) is 100 cm³/mol. The SMILES string of the molecule is Cc1ccc(C(N)=O)cc1NC(=O)c1ccc(CN2CCC(C)CC2)o1. The van der Waals surface area contributed by atoms with Gasteiger partial charge in [-0.3, -0.25) is 14.5 Å². The molecule has 0 spiro atoms. The molecule has 138 valence electrons. The van der Waals surface area contributed by atoms with Crippen LogP contribution in [0.2, 0.25) is 0 Å². The molecule has 0 aliphatic carbocycles. The number of nitrogens with two attached hydrogens (primary N) is 1. The Bertz CT molecular complexity index is 804. The second-order valence-electron chi connectivity index (χ2n) is 7.07. The van der Waals surface area contributed by atoms with Gasteiger partial charge in [0.1, 0.15) is 5.76 Å². The molecule has 6 nitrogen and oxygen atoms in total. The Balaban J connectivity index is 1.65. The second kappa shape index (κ2) is 7.74.